The van der Waals surface area contributed by atoms with Crippen LogP contribution in [0.5, 0.6) is 0 Å². The number of amides is 1. The predicted octanol–water partition coefficient (Wildman–Crippen LogP) is 0.468. The molecule has 0 unspecified atom stereocenters. The van der Waals surface area contributed by atoms with E-state index in [0.717, 1.165) is 5.56 Å². The van der Waals surface area contributed by atoms with Gasteiger partial charge in [-0.3, -0.25) is 4.79 Å². The zero-order valence-corrected chi connectivity index (χ0v) is 12.1. The van der Waals surface area contributed by atoms with E-state index in [9.17, 15) is 9.90 Å². The van der Waals surface area contributed by atoms with E-state index in [0.29, 0.717) is 12.1 Å². The Labute approximate surface area is 123 Å². The molecular formula is C14H19N5O2. The number of carbonyl (C=O) groups excluding carboxylic acids is 1. The third-order valence-corrected chi connectivity index (χ3v) is 3.27. The molecule has 0 aliphatic rings. The van der Waals surface area contributed by atoms with Crippen molar-refractivity contribution in [3.05, 3.63) is 41.7 Å². The van der Waals surface area contributed by atoms with Crippen LogP contribution in [-0.2, 0) is 6.54 Å². The normalized spacial score (nSPS) is 12.4. The van der Waals surface area contributed by atoms with Crippen LogP contribution in [0.4, 0.5) is 0 Å². The molecule has 1 aromatic carbocycles. The number of carbonyl (C=O) groups is 1. The number of hydrogen-bond acceptors (Lipinski definition) is 5. The molecule has 1 amide bonds. The SMILES string of the molecule is CC(C)[C@H](CO)NC(=O)c1ccc(Cn2cnnn2)cc1. The maximum atomic E-state index is 12.1. The monoisotopic (exact) mass is 289 g/mol. The predicted molar refractivity (Wildman–Crippen MR) is 76.5 cm³/mol. The standard InChI is InChI=1S/C14H19N5O2/c1-10(2)13(8-20)16-14(21)12-5-3-11(4-6-12)7-19-9-15-17-18-19/h3-6,9-10,13,20H,7-8H2,1-2H3,(H,16,21)/t13-/m0/s1. The minimum absolute atomic E-state index is 0.0687. The van der Waals surface area contributed by atoms with Gasteiger partial charge in [0.25, 0.3) is 5.91 Å². The van der Waals surface area contributed by atoms with Crippen LogP contribution in [0.25, 0.3) is 0 Å². The summed E-state index contributed by atoms with van der Waals surface area (Å²) in [7, 11) is 0. The highest BCUT2D eigenvalue weighted by molar-refractivity contribution is 5.94. The first-order chi connectivity index (χ1) is 10.1. The van der Waals surface area contributed by atoms with E-state index in [1.807, 2.05) is 26.0 Å². The molecule has 0 saturated heterocycles. The van der Waals surface area contributed by atoms with Crippen LogP contribution < -0.4 is 5.32 Å². The minimum Gasteiger partial charge on any atom is -0.394 e. The van der Waals surface area contributed by atoms with Crippen molar-refractivity contribution in [1.29, 1.82) is 0 Å². The number of tetrazole rings is 1. The molecule has 1 heterocycles. The first kappa shape index (κ1) is 15.1. The second kappa shape index (κ2) is 6.94. The van der Waals surface area contributed by atoms with Gasteiger partial charge < -0.3 is 10.4 Å². The highest BCUT2D eigenvalue weighted by atomic mass is 16.3. The van der Waals surface area contributed by atoms with Gasteiger partial charge in [-0.15, -0.1) is 5.10 Å². The molecule has 2 aromatic rings. The van der Waals surface area contributed by atoms with Gasteiger partial charge in [0.05, 0.1) is 19.2 Å². The molecule has 0 spiro atoms. The molecule has 0 bridgehead atoms. The van der Waals surface area contributed by atoms with E-state index in [2.05, 4.69) is 20.8 Å². The smallest absolute Gasteiger partial charge is 0.251 e. The second-order valence-electron chi connectivity index (χ2n) is 5.21. The van der Waals surface area contributed by atoms with Crippen molar-refractivity contribution in [1.82, 2.24) is 25.5 Å². The zero-order valence-electron chi connectivity index (χ0n) is 12.1. The molecular weight excluding hydrogens is 270 g/mol. The number of aromatic nitrogens is 4. The van der Waals surface area contributed by atoms with E-state index < -0.39 is 0 Å². The average Bonchev–Trinajstić information content (AvgIpc) is 2.98. The summed E-state index contributed by atoms with van der Waals surface area (Å²) in [6.07, 6.45) is 1.54. The fourth-order valence-electron chi connectivity index (χ4n) is 1.88. The first-order valence-corrected chi connectivity index (χ1v) is 6.81. The fraction of sp³-hybridized carbons (Fsp3) is 0.429. The van der Waals surface area contributed by atoms with Gasteiger partial charge in [0.1, 0.15) is 6.33 Å². The van der Waals surface area contributed by atoms with E-state index in [1.54, 1.807) is 16.8 Å². The van der Waals surface area contributed by atoms with Crippen molar-refractivity contribution in [2.24, 2.45) is 5.92 Å². The lowest BCUT2D eigenvalue weighted by Gasteiger charge is -2.19. The molecule has 1 aromatic heterocycles. The summed E-state index contributed by atoms with van der Waals surface area (Å²) in [4.78, 5) is 12.1. The van der Waals surface area contributed by atoms with E-state index in [-0.39, 0.29) is 24.5 Å². The van der Waals surface area contributed by atoms with E-state index >= 15 is 0 Å². The van der Waals surface area contributed by atoms with Gasteiger partial charge in [-0.2, -0.15) is 0 Å². The van der Waals surface area contributed by atoms with Gasteiger partial charge in [0.15, 0.2) is 0 Å². The van der Waals surface area contributed by atoms with Crippen molar-refractivity contribution in [3.63, 3.8) is 0 Å². The van der Waals surface area contributed by atoms with Crippen molar-refractivity contribution < 1.29 is 9.90 Å². The second-order valence-corrected chi connectivity index (χ2v) is 5.21. The molecule has 1 atom stereocenters. The Hall–Kier alpha value is -2.28. The molecule has 0 fully saturated rings. The number of hydrogen-bond donors (Lipinski definition) is 2. The number of aliphatic hydroxyl groups excluding tert-OH is 1. The van der Waals surface area contributed by atoms with Gasteiger partial charge in [0.2, 0.25) is 0 Å². The lowest BCUT2D eigenvalue weighted by molar-refractivity contribution is 0.0897. The molecule has 2 rings (SSSR count). The summed E-state index contributed by atoms with van der Waals surface area (Å²) < 4.78 is 1.61. The Bertz CT molecular complexity index is 566. The Morgan fingerprint density at radius 2 is 2.05 bits per heavy atom. The molecule has 0 radical (unpaired) electrons. The Balaban J connectivity index is 1.99. The molecule has 0 saturated carbocycles. The van der Waals surface area contributed by atoms with Crippen LogP contribution in [-0.4, -0.2) is 43.9 Å². The quantitative estimate of drug-likeness (QED) is 0.806. The first-order valence-electron chi connectivity index (χ1n) is 6.81. The largest absolute Gasteiger partial charge is 0.394 e. The van der Waals surface area contributed by atoms with Crippen molar-refractivity contribution in [2.75, 3.05) is 6.61 Å². The van der Waals surface area contributed by atoms with Crippen LogP contribution in [0.1, 0.15) is 29.8 Å². The van der Waals surface area contributed by atoms with Gasteiger partial charge in [0, 0.05) is 5.56 Å². The third kappa shape index (κ3) is 4.09. The topological polar surface area (TPSA) is 92.9 Å². The lowest BCUT2D eigenvalue weighted by atomic mass is 10.0. The zero-order chi connectivity index (χ0) is 15.2. The maximum absolute atomic E-state index is 12.1. The number of rotatable bonds is 6. The van der Waals surface area contributed by atoms with Crippen LogP contribution in [0.15, 0.2) is 30.6 Å². The Kier molecular flexibility index (Phi) is 4.99. The Morgan fingerprint density at radius 1 is 1.33 bits per heavy atom. The summed E-state index contributed by atoms with van der Waals surface area (Å²) in [6, 6.07) is 6.99. The Morgan fingerprint density at radius 3 is 2.57 bits per heavy atom. The van der Waals surface area contributed by atoms with Crippen molar-refractivity contribution in [3.8, 4) is 0 Å². The highest BCUT2D eigenvalue weighted by Gasteiger charge is 2.16. The summed E-state index contributed by atoms with van der Waals surface area (Å²) in [5, 5.41) is 23.0. The number of aliphatic hydroxyl groups is 1. The molecule has 0 aliphatic heterocycles. The summed E-state index contributed by atoms with van der Waals surface area (Å²) >= 11 is 0. The van der Waals surface area contributed by atoms with E-state index in [4.69, 9.17) is 0 Å². The number of nitrogens with zero attached hydrogens (tertiary/aromatic N) is 4. The number of nitrogens with one attached hydrogen (secondary N) is 1. The van der Waals surface area contributed by atoms with Gasteiger partial charge in [-0.05, 0) is 34.0 Å². The minimum atomic E-state index is -0.238. The molecule has 7 nitrogen and oxygen atoms in total. The summed E-state index contributed by atoms with van der Waals surface area (Å²) in [6.45, 7) is 4.40. The van der Waals surface area contributed by atoms with Crippen molar-refractivity contribution in [2.45, 2.75) is 26.4 Å². The fourth-order valence-corrected chi connectivity index (χ4v) is 1.88. The number of benzene rings is 1. The molecule has 21 heavy (non-hydrogen) atoms. The van der Waals surface area contributed by atoms with E-state index in [1.165, 1.54) is 6.33 Å². The van der Waals surface area contributed by atoms with Crippen LogP contribution in [0, 0.1) is 5.92 Å². The van der Waals surface area contributed by atoms with Crippen LogP contribution in [0.2, 0.25) is 0 Å². The van der Waals surface area contributed by atoms with Gasteiger partial charge in [-0.25, -0.2) is 4.68 Å². The molecule has 112 valence electrons. The molecule has 0 aliphatic carbocycles. The lowest BCUT2D eigenvalue weighted by Crippen LogP contribution is -2.41. The average molecular weight is 289 g/mol. The van der Waals surface area contributed by atoms with Crippen LogP contribution in [0.3, 0.4) is 0 Å². The molecule has 2 N–H and O–H groups in total. The summed E-state index contributed by atoms with van der Waals surface area (Å²) in [5.41, 5.74) is 1.57. The van der Waals surface area contributed by atoms with Gasteiger partial charge in [-0.1, -0.05) is 26.0 Å². The third-order valence-electron chi connectivity index (χ3n) is 3.27. The molecule has 7 heteroatoms. The van der Waals surface area contributed by atoms with Crippen LogP contribution >= 0.6 is 0 Å². The van der Waals surface area contributed by atoms with Gasteiger partial charge >= 0.3 is 0 Å². The van der Waals surface area contributed by atoms with Crippen molar-refractivity contribution >= 4 is 5.91 Å². The highest BCUT2D eigenvalue weighted by Crippen LogP contribution is 2.07. The summed E-state index contributed by atoms with van der Waals surface area (Å²) in [5.74, 6) is -0.00485. The maximum Gasteiger partial charge on any atom is 0.251 e.